The van der Waals surface area contributed by atoms with Crippen LogP contribution in [-0.4, -0.2) is 53.4 Å². The molecule has 8 nitrogen and oxygen atoms in total. The molecule has 2 heterocycles. The van der Waals surface area contributed by atoms with Crippen LogP contribution < -0.4 is 10.2 Å². The number of anilines is 2. The van der Waals surface area contributed by atoms with Crippen molar-refractivity contribution in [2.24, 2.45) is 0 Å². The maximum absolute atomic E-state index is 12.3. The number of pyridine rings is 1. The van der Waals surface area contributed by atoms with Crippen LogP contribution in [-0.2, 0) is 4.79 Å². The van der Waals surface area contributed by atoms with Crippen molar-refractivity contribution >= 4 is 23.1 Å². The highest BCUT2D eigenvalue weighted by Crippen LogP contribution is 2.22. The van der Waals surface area contributed by atoms with Gasteiger partial charge in [-0.25, -0.2) is 4.98 Å². The Bertz CT molecular complexity index is 789. The second-order valence-electron chi connectivity index (χ2n) is 6.26. The highest BCUT2D eigenvalue weighted by Gasteiger charge is 2.20. The first-order valence-corrected chi connectivity index (χ1v) is 8.46. The first kappa shape index (κ1) is 17.8. The fourth-order valence-corrected chi connectivity index (χ4v) is 2.93. The maximum Gasteiger partial charge on any atom is 0.271 e. The Balaban J connectivity index is 1.53. The Morgan fingerprint density at radius 1 is 1.23 bits per heavy atom. The minimum absolute atomic E-state index is 0.0325. The van der Waals surface area contributed by atoms with Gasteiger partial charge in [0.15, 0.2) is 0 Å². The summed E-state index contributed by atoms with van der Waals surface area (Å²) in [6, 6.07) is 10.3. The maximum atomic E-state index is 12.3. The number of hydrogen-bond donors (Lipinski definition) is 1. The number of carbonyl (C=O) groups is 1. The minimum Gasteiger partial charge on any atom is -0.354 e. The van der Waals surface area contributed by atoms with Crippen LogP contribution in [0.3, 0.4) is 0 Å². The highest BCUT2D eigenvalue weighted by molar-refractivity contribution is 5.93. The van der Waals surface area contributed by atoms with Crippen molar-refractivity contribution in [3.8, 4) is 0 Å². The van der Waals surface area contributed by atoms with Crippen LogP contribution in [0, 0.1) is 17.0 Å². The number of nitro benzene ring substituents is 1. The lowest BCUT2D eigenvalue weighted by molar-refractivity contribution is -0.384. The Hall–Kier alpha value is -3.00. The average molecular weight is 355 g/mol. The first-order chi connectivity index (χ1) is 12.5. The van der Waals surface area contributed by atoms with E-state index in [1.165, 1.54) is 12.1 Å². The topological polar surface area (TPSA) is 91.6 Å². The Labute approximate surface area is 151 Å². The van der Waals surface area contributed by atoms with Crippen molar-refractivity contribution < 1.29 is 9.72 Å². The summed E-state index contributed by atoms with van der Waals surface area (Å²) < 4.78 is 0. The molecule has 0 radical (unpaired) electrons. The number of nitro groups is 1. The van der Waals surface area contributed by atoms with E-state index in [4.69, 9.17) is 0 Å². The summed E-state index contributed by atoms with van der Waals surface area (Å²) in [7, 11) is 0. The van der Waals surface area contributed by atoms with E-state index in [1.807, 2.05) is 25.1 Å². The lowest BCUT2D eigenvalue weighted by Gasteiger charge is -2.34. The van der Waals surface area contributed by atoms with Crippen molar-refractivity contribution in [1.82, 2.24) is 9.88 Å². The minimum atomic E-state index is -0.466. The monoisotopic (exact) mass is 355 g/mol. The molecule has 1 N–H and O–H groups in total. The number of aromatic nitrogens is 1. The molecule has 26 heavy (non-hydrogen) atoms. The number of nitrogens with zero attached hydrogens (tertiary/aromatic N) is 4. The summed E-state index contributed by atoms with van der Waals surface area (Å²) in [5.74, 6) is 0.781. The van der Waals surface area contributed by atoms with Gasteiger partial charge in [-0.1, -0.05) is 12.1 Å². The third kappa shape index (κ3) is 4.34. The molecule has 0 spiro atoms. The quantitative estimate of drug-likeness (QED) is 0.652. The fraction of sp³-hybridized carbons (Fsp3) is 0.333. The van der Waals surface area contributed by atoms with Crippen LogP contribution in [0.15, 0.2) is 42.6 Å². The number of nitrogens with one attached hydrogen (secondary N) is 1. The summed E-state index contributed by atoms with van der Waals surface area (Å²) in [6.07, 6.45) is 1.77. The van der Waals surface area contributed by atoms with Crippen LogP contribution in [0.1, 0.15) is 5.56 Å². The molecule has 136 valence electrons. The molecule has 0 unspecified atom stereocenters. The van der Waals surface area contributed by atoms with Gasteiger partial charge in [0.25, 0.3) is 5.69 Å². The van der Waals surface area contributed by atoms with Gasteiger partial charge in [0.1, 0.15) is 5.82 Å². The van der Waals surface area contributed by atoms with Gasteiger partial charge in [0.2, 0.25) is 5.91 Å². The molecule has 0 atom stereocenters. The molecule has 2 aromatic rings. The molecule has 1 saturated heterocycles. The molecular formula is C18H21N5O3. The van der Waals surface area contributed by atoms with Gasteiger partial charge in [0.05, 0.1) is 17.2 Å². The molecule has 8 heteroatoms. The van der Waals surface area contributed by atoms with E-state index in [0.717, 1.165) is 37.6 Å². The van der Waals surface area contributed by atoms with Crippen molar-refractivity contribution in [3.63, 3.8) is 0 Å². The molecule has 1 aliphatic rings. The normalized spacial score (nSPS) is 14.9. The van der Waals surface area contributed by atoms with E-state index in [-0.39, 0.29) is 18.1 Å². The first-order valence-electron chi connectivity index (χ1n) is 8.46. The van der Waals surface area contributed by atoms with Gasteiger partial charge >= 0.3 is 0 Å². The van der Waals surface area contributed by atoms with E-state index in [0.29, 0.717) is 5.69 Å². The highest BCUT2D eigenvalue weighted by atomic mass is 16.6. The second-order valence-corrected chi connectivity index (χ2v) is 6.26. The van der Waals surface area contributed by atoms with Crippen LogP contribution in [0.5, 0.6) is 0 Å². The SMILES string of the molecule is Cc1ccc([N+](=O)[O-])cc1NC(=O)CN1CCN(c2ccccn2)CC1. The van der Waals surface area contributed by atoms with Gasteiger partial charge in [-0.2, -0.15) is 0 Å². The van der Waals surface area contributed by atoms with E-state index >= 15 is 0 Å². The van der Waals surface area contributed by atoms with Crippen LogP contribution >= 0.6 is 0 Å². The van der Waals surface area contributed by atoms with E-state index < -0.39 is 4.92 Å². The fourth-order valence-electron chi connectivity index (χ4n) is 2.93. The van der Waals surface area contributed by atoms with Gasteiger partial charge < -0.3 is 10.2 Å². The number of aryl methyl sites for hydroxylation is 1. The van der Waals surface area contributed by atoms with Gasteiger partial charge in [-0.3, -0.25) is 19.8 Å². The summed E-state index contributed by atoms with van der Waals surface area (Å²) >= 11 is 0. The lowest BCUT2D eigenvalue weighted by atomic mass is 10.2. The lowest BCUT2D eigenvalue weighted by Crippen LogP contribution is -2.48. The molecule has 0 saturated carbocycles. The number of non-ortho nitro benzene ring substituents is 1. The zero-order valence-corrected chi connectivity index (χ0v) is 14.6. The summed E-state index contributed by atoms with van der Waals surface area (Å²) in [6.45, 7) is 5.21. The van der Waals surface area contributed by atoms with E-state index in [1.54, 1.807) is 12.3 Å². The van der Waals surface area contributed by atoms with Gasteiger partial charge in [-0.15, -0.1) is 0 Å². The van der Waals surface area contributed by atoms with Crippen molar-refractivity contribution in [2.45, 2.75) is 6.92 Å². The molecule has 1 aliphatic heterocycles. The molecule has 1 amide bonds. The van der Waals surface area contributed by atoms with Crippen LogP contribution in [0.2, 0.25) is 0 Å². The predicted octanol–water partition coefficient (Wildman–Crippen LogP) is 2.06. The molecule has 3 rings (SSSR count). The van der Waals surface area contributed by atoms with Gasteiger partial charge in [0, 0.05) is 44.5 Å². The van der Waals surface area contributed by atoms with Crippen molar-refractivity contribution in [3.05, 3.63) is 58.3 Å². The number of amides is 1. The van der Waals surface area contributed by atoms with Crippen molar-refractivity contribution in [1.29, 1.82) is 0 Å². The zero-order chi connectivity index (χ0) is 18.5. The standard InChI is InChI=1S/C18H21N5O3/c1-14-5-6-15(23(25)26)12-16(14)20-18(24)13-21-8-10-22(11-9-21)17-4-2-3-7-19-17/h2-7,12H,8-11,13H2,1H3,(H,20,24). The molecule has 0 aliphatic carbocycles. The van der Waals surface area contributed by atoms with E-state index in [2.05, 4.69) is 20.1 Å². The number of rotatable bonds is 5. The summed E-state index contributed by atoms with van der Waals surface area (Å²) in [4.78, 5) is 31.4. The Morgan fingerprint density at radius 3 is 2.65 bits per heavy atom. The number of hydrogen-bond acceptors (Lipinski definition) is 6. The molecule has 0 bridgehead atoms. The number of benzene rings is 1. The second kappa shape index (κ2) is 7.92. The van der Waals surface area contributed by atoms with Gasteiger partial charge in [-0.05, 0) is 24.6 Å². The largest absolute Gasteiger partial charge is 0.354 e. The molecular weight excluding hydrogens is 334 g/mol. The molecule has 1 aromatic carbocycles. The smallest absolute Gasteiger partial charge is 0.271 e. The van der Waals surface area contributed by atoms with Crippen LogP contribution in [0.4, 0.5) is 17.2 Å². The van der Waals surface area contributed by atoms with E-state index in [9.17, 15) is 14.9 Å². The Kier molecular flexibility index (Phi) is 5.43. The summed E-state index contributed by atoms with van der Waals surface area (Å²) in [5.41, 5.74) is 1.25. The van der Waals surface area contributed by atoms with Crippen molar-refractivity contribution in [2.75, 3.05) is 42.9 Å². The van der Waals surface area contributed by atoms with Crippen LogP contribution in [0.25, 0.3) is 0 Å². The Morgan fingerprint density at radius 2 is 2.00 bits per heavy atom. The zero-order valence-electron chi connectivity index (χ0n) is 14.6. The average Bonchev–Trinajstić information content (AvgIpc) is 2.64. The number of piperazine rings is 1. The third-order valence-corrected chi connectivity index (χ3v) is 4.42. The number of carbonyl (C=O) groups excluding carboxylic acids is 1. The molecule has 1 aromatic heterocycles. The summed E-state index contributed by atoms with van der Waals surface area (Å²) in [5, 5.41) is 13.7. The molecule has 1 fully saturated rings. The predicted molar refractivity (Wildman–Crippen MR) is 99.4 cm³/mol. The third-order valence-electron chi connectivity index (χ3n) is 4.42.